The summed E-state index contributed by atoms with van der Waals surface area (Å²) in [5, 5.41) is 21.9. The lowest BCUT2D eigenvalue weighted by Gasteiger charge is -2.16. The molecule has 8 heteroatoms. The van der Waals surface area contributed by atoms with Crippen LogP contribution in [0.1, 0.15) is 23.9 Å². The number of anilines is 1. The molecule has 0 saturated heterocycles. The Morgan fingerprint density at radius 3 is 2.62 bits per heavy atom. The molecule has 0 unspecified atom stereocenters. The van der Waals surface area contributed by atoms with Gasteiger partial charge >= 0.3 is 0 Å². The Bertz CT molecular complexity index is 880. The number of sulfonamides is 1. The Morgan fingerprint density at radius 1 is 1.38 bits per heavy atom. The highest BCUT2D eigenvalue weighted by atomic mass is 32.2. The van der Waals surface area contributed by atoms with Crippen molar-refractivity contribution in [3.8, 4) is 6.07 Å². The minimum Gasteiger partial charge on any atom is -0.384 e. The van der Waals surface area contributed by atoms with Gasteiger partial charge in [0.25, 0.3) is 0 Å². The van der Waals surface area contributed by atoms with Crippen LogP contribution < -0.4 is 10.5 Å². The molecule has 2 rings (SSSR count). The second-order valence-corrected chi connectivity index (χ2v) is 7.52. The number of hydrogen-bond donors (Lipinski definition) is 2. The van der Waals surface area contributed by atoms with Gasteiger partial charge in [0.05, 0.1) is 21.8 Å². The summed E-state index contributed by atoms with van der Waals surface area (Å²) < 4.78 is 24.7. The fourth-order valence-corrected chi connectivity index (χ4v) is 2.99. The fraction of sp³-hybridized carbons (Fsp3) is 0.375. The monoisotopic (exact) mass is 347 g/mol. The van der Waals surface area contributed by atoms with Gasteiger partial charge in [0.2, 0.25) is 10.0 Å². The standard InChI is InChI=1S/C16H21N5O2S/c1-11(10-21-13(3)6-12(2)20-21)9-19-16-5-4-15(24(18,22)23)7-14(16)8-17/h4-7,11,19H,9-10H2,1-3H3,(H2,18,22,23)/t11-/m1/s1. The molecule has 0 amide bonds. The first kappa shape index (κ1) is 18.0. The van der Waals surface area contributed by atoms with Crippen molar-refractivity contribution >= 4 is 15.7 Å². The lowest BCUT2D eigenvalue weighted by atomic mass is 10.1. The molecule has 7 nitrogen and oxygen atoms in total. The van der Waals surface area contributed by atoms with Crippen molar-refractivity contribution in [2.75, 3.05) is 11.9 Å². The minimum absolute atomic E-state index is 0.0692. The van der Waals surface area contributed by atoms with Gasteiger partial charge in [-0.2, -0.15) is 10.4 Å². The summed E-state index contributed by atoms with van der Waals surface area (Å²) in [6.45, 7) is 7.43. The first-order valence-electron chi connectivity index (χ1n) is 7.52. The van der Waals surface area contributed by atoms with Gasteiger partial charge in [-0.15, -0.1) is 0 Å². The molecule has 0 bridgehead atoms. The quantitative estimate of drug-likeness (QED) is 0.826. The van der Waals surface area contributed by atoms with Gasteiger partial charge < -0.3 is 5.32 Å². The summed E-state index contributed by atoms with van der Waals surface area (Å²) in [6.07, 6.45) is 0. The van der Waals surface area contributed by atoms with Crippen molar-refractivity contribution in [3.05, 3.63) is 41.2 Å². The highest BCUT2D eigenvalue weighted by Gasteiger charge is 2.13. The lowest BCUT2D eigenvalue weighted by molar-refractivity contribution is 0.458. The van der Waals surface area contributed by atoms with E-state index in [-0.39, 0.29) is 16.4 Å². The number of primary sulfonamides is 1. The normalized spacial score (nSPS) is 12.6. The van der Waals surface area contributed by atoms with Gasteiger partial charge in [-0.3, -0.25) is 4.68 Å². The van der Waals surface area contributed by atoms with Crippen LogP contribution in [0.3, 0.4) is 0 Å². The summed E-state index contributed by atoms with van der Waals surface area (Å²) in [4.78, 5) is -0.0692. The predicted molar refractivity (Wildman–Crippen MR) is 91.9 cm³/mol. The topological polar surface area (TPSA) is 114 Å². The van der Waals surface area contributed by atoms with Crippen molar-refractivity contribution in [2.24, 2.45) is 11.1 Å². The third kappa shape index (κ3) is 4.34. The Balaban J connectivity index is 2.06. The first-order chi connectivity index (χ1) is 11.2. The number of rotatable bonds is 6. The number of aryl methyl sites for hydroxylation is 2. The molecule has 0 aliphatic rings. The largest absolute Gasteiger partial charge is 0.384 e. The zero-order chi connectivity index (χ0) is 17.9. The molecule has 0 saturated carbocycles. The zero-order valence-electron chi connectivity index (χ0n) is 13.9. The van der Waals surface area contributed by atoms with Crippen molar-refractivity contribution in [2.45, 2.75) is 32.2 Å². The van der Waals surface area contributed by atoms with E-state index in [1.165, 1.54) is 12.1 Å². The van der Waals surface area contributed by atoms with E-state index >= 15 is 0 Å². The third-order valence-electron chi connectivity index (χ3n) is 3.67. The average Bonchev–Trinajstić information content (AvgIpc) is 2.81. The predicted octanol–water partition coefficient (Wildman–Crippen LogP) is 1.77. The molecule has 0 radical (unpaired) electrons. The van der Waals surface area contributed by atoms with Crippen LogP contribution >= 0.6 is 0 Å². The second kappa shape index (κ2) is 7.03. The van der Waals surface area contributed by atoms with Gasteiger partial charge in [-0.1, -0.05) is 6.92 Å². The smallest absolute Gasteiger partial charge is 0.238 e. The maximum Gasteiger partial charge on any atom is 0.238 e. The van der Waals surface area contributed by atoms with Crippen LogP contribution in [0.25, 0.3) is 0 Å². The van der Waals surface area contributed by atoms with Crippen LogP contribution in [-0.2, 0) is 16.6 Å². The summed E-state index contributed by atoms with van der Waals surface area (Å²) in [7, 11) is -3.82. The maximum atomic E-state index is 11.4. The SMILES string of the molecule is Cc1cc(C)n(C[C@H](C)CNc2ccc(S(N)(=O)=O)cc2C#N)n1. The second-order valence-electron chi connectivity index (χ2n) is 5.96. The first-order valence-corrected chi connectivity index (χ1v) is 9.07. The molecule has 0 spiro atoms. The molecule has 1 atom stereocenters. The number of aromatic nitrogens is 2. The van der Waals surface area contributed by atoms with Crippen LogP contribution in [0, 0.1) is 31.1 Å². The van der Waals surface area contributed by atoms with Crippen LogP contribution in [0.2, 0.25) is 0 Å². The number of benzene rings is 1. The van der Waals surface area contributed by atoms with Gasteiger partial charge in [0.15, 0.2) is 0 Å². The van der Waals surface area contributed by atoms with Gasteiger partial charge in [0, 0.05) is 18.8 Å². The third-order valence-corrected chi connectivity index (χ3v) is 4.58. The Kier molecular flexibility index (Phi) is 5.26. The molecule has 2 aromatic rings. The fourth-order valence-electron chi connectivity index (χ4n) is 2.45. The molecule has 3 N–H and O–H groups in total. The summed E-state index contributed by atoms with van der Waals surface area (Å²) in [6, 6.07) is 8.26. The van der Waals surface area contributed by atoms with E-state index in [0.29, 0.717) is 12.2 Å². The van der Waals surface area contributed by atoms with E-state index in [0.717, 1.165) is 17.9 Å². The number of nitriles is 1. The molecule has 0 aliphatic heterocycles. The zero-order valence-corrected chi connectivity index (χ0v) is 14.8. The van der Waals surface area contributed by atoms with E-state index < -0.39 is 10.0 Å². The van der Waals surface area contributed by atoms with E-state index in [1.807, 2.05) is 30.7 Å². The van der Waals surface area contributed by atoms with Gasteiger partial charge in [-0.05, 0) is 44.0 Å². The van der Waals surface area contributed by atoms with Crippen LogP contribution in [0.4, 0.5) is 5.69 Å². The van der Waals surface area contributed by atoms with Crippen molar-refractivity contribution in [3.63, 3.8) is 0 Å². The lowest BCUT2D eigenvalue weighted by Crippen LogP contribution is -2.19. The van der Waals surface area contributed by atoms with E-state index in [2.05, 4.69) is 17.3 Å². The summed E-state index contributed by atoms with van der Waals surface area (Å²) in [5.41, 5.74) is 2.93. The van der Waals surface area contributed by atoms with Gasteiger partial charge in [0.1, 0.15) is 6.07 Å². The highest BCUT2D eigenvalue weighted by Crippen LogP contribution is 2.19. The molecule has 1 heterocycles. The van der Waals surface area contributed by atoms with E-state index in [1.54, 1.807) is 6.07 Å². The molecular formula is C16H21N5O2S. The average molecular weight is 347 g/mol. The molecule has 1 aromatic carbocycles. The van der Waals surface area contributed by atoms with Gasteiger partial charge in [-0.25, -0.2) is 13.6 Å². The molecule has 24 heavy (non-hydrogen) atoms. The van der Waals surface area contributed by atoms with Crippen LogP contribution in [0.5, 0.6) is 0 Å². The highest BCUT2D eigenvalue weighted by molar-refractivity contribution is 7.89. The molecular weight excluding hydrogens is 326 g/mol. The number of nitrogens with two attached hydrogens (primary N) is 1. The Labute approximate surface area is 142 Å². The Hall–Kier alpha value is -2.37. The molecule has 1 aromatic heterocycles. The van der Waals surface area contributed by atoms with E-state index in [4.69, 9.17) is 5.14 Å². The Morgan fingerprint density at radius 2 is 2.08 bits per heavy atom. The van der Waals surface area contributed by atoms with E-state index in [9.17, 15) is 13.7 Å². The maximum absolute atomic E-state index is 11.4. The van der Waals surface area contributed by atoms with Crippen molar-refractivity contribution in [1.29, 1.82) is 5.26 Å². The number of nitrogens with one attached hydrogen (secondary N) is 1. The summed E-state index contributed by atoms with van der Waals surface area (Å²) >= 11 is 0. The molecule has 0 fully saturated rings. The summed E-state index contributed by atoms with van der Waals surface area (Å²) in [5.74, 6) is 0.271. The number of hydrogen-bond acceptors (Lipinski definition) is 5. The number of nitrogens with zero attached hydrogens (tertiary/aromatic N) is 3. The van der Waals surface area contributed by atoms with Crippen molar-refractivity contribution < 1.29 is 8.42 Å². The van der Waals surface area contributed by atoms with Crippen molar-refractivity contribution in [1.82, 2.24) is 9.78 Å². The van der Waals surface area contributed by atoms with Crippen LogP contribution in [-0.4, -0.2) is 24.7 Å². The molecule has 128 valence electrons. The minimum atomic E-state index is -3.82. The molecule has 0 aliphatic carbocycles. The van der Waals surface area contributed by atoms with Crippen LogP contribution in [0.15, 0.2) is 29.2 Å².